The minimum absolute atomic E-state index is 0.240. The Kier molecular flexibility index (Phi) is 5.28. The van der Waals surface area contributed by atoms with Crippen LogP contribution in [0, 0.1) is 0 Å². The van der Waals surface area contributed by atoms with E-state index in [9.17, 15) is 9.50 Å². The maximum atomic E-state index is 14.2. The molecule has 0 spiro atoms. The van der Waals surface area contributed by atoms with Crippen molar-refractivity contribution in [2.75, 3.05) is 0 Å². The summed E-state index contributed by atoms with van der Waals surface area (Å²) in [6.45, 7) is 7.39. The fraction of sp³-hybridized carbons (Fsp3) is 0.167. The van der Waals surface area contributed by atoms with Crippen molar-refractivity contribution in [3.05, 3.63) is 76.0 Å². The van der Waals surface area contributed by atoms with E-state index in [-0.39, 0.29) is 11.6 Å². The summed E-state index contributed by atoms with van der Waals surface area (Å²) in [6, 6.07) is 7.00. The van der Waals surface area contributed by atoms with E-state index in [4.69, 9.17) is 0 Å². The molecule has 2 nitrogen and oxygen atoms in total. The second-order valence-corrected chi connectivity index (χ2v) is 5.92. The highest BCUT2D eigenvalue weighted by Gasteiger charge is 2.13. The maximum absolute atomic E-state index is 14.2. The predicted molar refractivity (Wildman–Crippen MR) is 90.7 cm³/mol. The van der Waals surface area contributed by atoms with Gasteiger partial charge in [-0.25, -0.2) is 9.37 Å². The third kappa shape index (κ3) is 3.92. The standard InChI is InChI=1S/C18H18FNOS/c1-4-5-15(19)18(12(2)3)16-11-22-17(20-16)10-13-6-8-14(21)9-7-13/h4-9,11,21H,2,10H2,1,3H3/b5-4-,18-15-. The number of aromatic hydroxyl groups is 1. The van der Waals surface area contributed by atoms with Gasteiger partial charge in [-0.05, 0) is 43.2 Å². The van der Waals surface area contributed by atoms with Crippen molar-refractivity contribution in [3.8, 4) is 5.75 Å². The first-order valence-corrected chi connectivity index (χ1v) is 7.80. The first-order valence-electron chi connectivity index (χ1n) is 6.92. The Morgan fingerprint density at radius 2 is 2.05 bits per heavy atom. The summed E-state index contributed by atoms with van der Waals surface area (Å²) < 4.78 is 14.2. The Morgan fingerprint density at radius 3 is 2.64 bits per heavy atom. The monoisotopic (exact) mass is 315 g/mol. The van der Waals surface area contributed by atoms with Gasteiger partial charge in [-0.1, -0.05) is 24.8 Å². The Morgan fingerprint density at radius 1 is 1.36 bits per heavy atom. The van der Waals surface area contributed by atoms with Crippen LogP contribution in [0.2, 0.25) is 0 Å². The fourth-order valence-electron chi connectivity index (χ4n) is 2.07. The number of phenols is 1. The van der Waals surface area contributed by atoms with E-state index in [0.29, 0.717) is 23.3 Å². The number of halogens is 1. The molecular weight excluding hydrogens is 297 g/mol. The molecule has 0 atom stereocenters. The van der Waals surface area contributed by atoms with E-state index in [2.05, 4.69) is 11.6 Å². The SMILES string of the molecule is C=C(C)/C(=C(F)\C=C/C)c1csc(Cc2ccc(O)cc2)n1. The number of hydrogen-bond donors (Lipinski definition) is 1. The molecule has 0 amide bonds. The number of thiazole rings is 1. The molecule has 22 heavy (non-hydrogen) atoms. The van der Waals surface area contributed by atoms with Crippen molar-refractivity contribution in [1.82, 2.24) is 4.98 Å². The third-order valence-electron chi connectivity index (χ3n) is 3.08. The molecule has 0 aliphatic rings. The first kappa shape index (κ1) is 16.2. The molecule has 0 saturated carbocycles. The highest BCUT2D eigenvalue weighted by Crippen LogP contribution is 2.29. The van der Waals surface area contributed by atoms with Crippen molar-refractivity contribution < 1.29 is 9.50 Å². The molecule has 0 radical (unpaired) electrons. The molecule has 0 aliphatic carbocycles. The van der Waals surface area contributed by atoms with Crippen molar-refractivity contribution in [3.63, 3.8) is 0 Å². The molecule has 1 N–H and O–H groups in total. The number of allylic oxidation sites excluding steroid dienone is 5. The maximum Gasteiger partial charge on any atom is 0.132 e. The molecule has 114 valence electrons. The lowest BCUT2D eigenvalue weighted by Gasteiger charge is -2.04. The number of rotatable bonds is 5. The third-order valence-corrected chi connectivity index (χ3v) is 3.93. The summed E-state index contributed by atoms with van der Waals surface area (Å²) in [5.74, 6) is -0.0824. The van der Waals surface area contributed by atoms with Gasteiger partial charge in [-0.3, -0.25) is 0 Å². The highest BCUT2D eigenvalue weighted by atomic mass is 32.1. The van der Waals surface area contributed by atoms with Gasteiger partial charge in [0.25, 0.3) is 0 Å². The molecule has 2 rings (SSSR count). The van der Waals surface area contributed by atoms with E-state index in [1.165, 1.54) is 17.4 Å². The average Bonchev–Trinajstić information content (AvgIpc) is 2.89. The Bertz CT molecular complexity index is 726. The molecular formula is C18H18FNOS. The van der Waals surface area contributed by atoms with Crippen LogP contribution in [-0.2, 0) is 6.42 Å². The van der Waals surface area contributed by atoms with Crippen LogP contribution in [0.1, 0.15) is 30.1 Å². The van der Waals surface area contributed by atoms with Crippen LogP contribution in [0.15, 0.2) is 59.8 Å². The predicted octanol–water partition coefficient (Wildman–Crippen LogP) is 5.27. The van der Waals surface area contributed by atoms with E-state index in [1.54, 1.807) is 32.1 Å². The summed E-state index contributed by atoms with van der Waals surface area (Å²) in [6.07, 6.45) is 3.73. The number of nitrogens with zero attached hydrogens (tertiary/aromatic N) is 1. The lowest BCUT2D eigenvalue weighted by atomic mass is 10.1. The normalized spacial score (nSPS) is 12.5. The molecule has 0 bridgehead atoms. The van der Waals surface area contributed by atoms with E-state index < -0.39 is 0 Å². The molecule has 1 aromatic carbocycles. The van der Waals surface area contributed by atoms with Crippen LogP contribution in [-0.4, -0.2) is 10.1 Å². The van der Waals surface area contributed by atoms with Gasteiger partial charge in [-0.2, -0.15) is 0 Å². The Labute approximate surface area is 134 Å². The second kappa shape index (κ2) is 7.18. The van der Waals surface area contributed by atoms with Crippen LogP contribution < -0.4 is 0 Å². The van der Waals surface area contributed by atoms with E-state index >= 15 is 0 Å². The van der Waals surface area contributed by atoms with Crippen LogP contribution in [0.4, 0.5) is 4.39 Å². The van der Waals surface area contributed by atoms with Gasteiger partial charge >= 0.3 is 0 Å². The summed E-state index contributed by atoms with van der Waals surface area (Å²) in [4.78, 5) is 4.52. The largest absolute Gasteiger partial charge is 0.508 e. The van der Waals surface area contributed by atoms with Gasteiger partial charge in [0, 0.05) is 17.4 Å². The van der Waals surface area contributed by atoms with Gasteiger partial charge in [0.05, 0.1) is 10.7 Å². The number of hydrogen-bond acceptors (Lipinski definition) is 3. The molecule has 0 unspecified atom stereocenters. The quantitative estimate of drug-likeness (QED) is 0.762. The number of phenolic OH excluding ortho intramolecular Hbond substituents is 1. The van der Waals surface area contributed by atoms with Gasteiger partial charge in [0.15, 0.2) is 0 Å². The van der Waals surface area contributed by atoms with Crippen molar-refractivity contribution in [1.29, 1.82) is 0 Å². The number of aromatic nitrogens is 1. The summed E-state index contributed by atoms with van der Waals surface area (Å²) in [5, 5.41) is 12.0. The smallest absolute Gasteiger partial charge is 0.132 e. The highest BCUT2D eigenvalue weighted by molar-refractivity contribution is 7.09. The Hall–Kier alpha value is -2.20. The molecule has 4 heteroatoms. The molecule has 2 aromatic rings. The van der Waals surface area contributed by atoms with Crippen molar-refractivity contribution >= 4 is 16.9 Å². The summed E-state index contributed by atoms with van der Waals surface area (Å²) >= 11 is 1.49. The zero-order valence-corrected chi connectivity index (χ0v) is 13.5. The van der Waals surface area contributed by atoms with Crippen molar-refractivity contribution in [2.45, 2.75) is 20.3 Å². The number of benzene rings is 1. The Balaban J connectivity index is 2.28. The molecule has 0 aliphatic heterocycles. The van der Waals surface area contributed by atoms with Gasteiger partial charge < -0.3 is 5.11 Å². The van der Waals surface area contributed by atoms with E-state index in [1.807, 2.05) is 17.5 Å². The topological polar surface area (TPSA) is 33.1 Å². The van der Waals surface area contributed by atoms with Crippen LogP contribution in [0.25, 0.3) is 5.57 Å². The van der Waals surface area contributed by atoms with Crippen LogP contribution in [0.3, 0.4) is 0 Å². The lowest BCUT2D eigenvalue weighted by molar-refractivity contribution is 0.475. The van der Waals surface area contributed by atoms with Gasteiger partial charge in [-0.15, -0.1) is 11.3 Å². The van der Waals surface area contributed by atoms with Crippen molar-refractivity contribution in [2.24, 2.45) is 0 Å². The minimum Gasteiger partial charge on any atom is -0.508 e. The van der Waals surface area contributed by atoms with Crippen LogP contribution >= 0.6 is 11.3 Å². The molecule has 1 aromatic heterocycles. The second-order valence-electron chi connectivity index (χ2n) is 4.97. The minimum atomic E-state index is -0.323. The average molecular weight is 315 g/mol. The fourth-order valence-corrected chi connectivity index (χ4v) is 2.89. The van der Waals surface area contributed by atoms with Gasteiger partial charge in [0.2, 0.25) is 0 Å². The molecule has 0 fully saturated rings. The first-order chi connectivity index (χ1) is 10.5. The molecule has 1 heterocycles. The summed E-state index contributed by atoms with van der Waals surface area (Å²) in [7, 11) is 0. The zero-order valence-electron chi connectivity index (χ0n) is 12.6. The van der Waals surface area contributed by atoms with E-state index in [0.717, 1.165) is 10.6 Å². The zero-order chi connectivity index (χ0) is 16.1. The lowest BCUT2D eigenvalue weighted by Crippen LogP contribution is -1.92. The molecule has 0 saturated heterocycles. The van der Waals surface area contributed by atoms with Gasteiger partial charge in [0.1, 0.15) is 11.6 Å². The van der Waals surface area contributed by atoms with Crippen LogP contribution in [0.5, 0.6) is 5.75 Å². The summed E-state index contributed by atoms with van der Waals surface area (Å²) in [5.41, 5.74) is 2.76.